The van der Waals surface area contributed by atoms with E-state index in [0.29, 0.717) is 29.4 Å². The van der Waals surface area contributed by atoms with E-state index >= 15 is 0 Å². The van der Waals surface area contributed by atoms with E-state index in [2.05, 4.69) is 32.0 Å². The SMILES string of the molecule is CCCCC1CCC(C(=O)Oc2ccc3c(c2)OC(N)=C(C#N)C3c2cccc(OCc3ccc(C)cc3)c2)CC1. The first-order chi connectivity index (χ1) is 19.9. The number of fused-ring (bicyclic) bond motifs is 1. The second-order valence-electron chi connectivity index (χ2n) is 11.3. The molecule has 1 aliphatic carbocycles. The maximum Gasteiger partial charge on any atom is 0.314 e. The van der Waals surface area contributed by atoms with Crippen LogP contribution in [-0.4, -0.2) is 5.97 Å². The van der Waals surface area contributed by atoms with Gasteiger partial charge in [0.1, 0.15) is 35.5 Å². The number of nitrogens with zero attached hydrogens (tertiary/aromatic N) is 1. The number of benzene rings is 3. The second-order valence-corrected chi connectivity index (χ2v) is 11.3. The van der Waals surface area contributed by atoms with E-state index < -0.39 is 5.92 Å². The van der Waals surface area contributed by atoms with Crippen molar-refractivity contribution < 1.29 is 19.0 Å². The molecule has 1 heterocycles. The van der Waals surface area contributed by atoms with Crippen molar-refractivity contribution in [3.63, 3.8) is 0 Å². The molecule has 212 valence electrons. The highest BCUT2D eigenvalue weighted by atomic mass is 16.5. The number of unbranched alkanes of at least 4 members (excludes halogenated alkanes) is 1. The smallest absolute Gasteiger partial charge is 0.314 e. The highest BCUT2D eigenvalue weighted by molar-refractivity contribution is 5.75. The van der Waals surface area contributed by atoms with Gasteiger partial charge in [-0.3, -0.25) is 4.79 Å². The zero-order valence-corrected chi connectivity index (χ0v) is 23.9. The van der Waals surface area contributed by atoms with Crippen LogP contribution in [0.1, 0.15) is 80.0 Å². The van der Waals surface area contributed by atoms with Gasteiger partial charge in [-0.1, -0.05) is 74.2 Å². The number of rotatable bonds is 9. The van der Waals surface area contributed by atoms with Crippen molar-refractivity contribution in [2.75, 3.05) is 0 Å². The van der Waals surface area contributed by atoms with Gasteiger partial charge in [0.15, 0.2) is 0 Å². The van der Waals surface area contributed by atoms with E-state index in [-0.39, 0.29) is 17.8 Å². The molecule has 3 aromatic rings. The van der Waals surface area contributed by atoms with Gasteiger partial charge >= 0.3 is 5.97 Å². The number of nitrogens with two attached hydrogens (primary N) is 1. The Morgan fingerprint density at radius 1 is 1.02 bits per heavy atom. The van der Waals surface area contributed by atoms with Crippen LogP contribution < -0.4 is 19.9 Å². The molecule has 6 nitrogen and oxygen atoms in total. The molecule has 1 atom stereocenters. The normalized spacial score (nSPS) is 20.0. The van der Waals surface area contributed by atoms with Gasteiger partial charge in [0.2, 0.25) is 5.88 Å². The fourth-order valence-electron chi connectivity index (χ4n) is 5.86. The number of hydrogen-bond acceptors (Lipinski definition) is 6. The predicted molar refractivity (Wildman–Crippen MR) is 158 cm³/mol. The standard InChI is InChI=1S/C35H38N2O4/c1-3-4-6-24-13-15-26(16-14-24)35(38)40-29-17-18-30-32(20-29)41-34(37)31(21-36)33(30)27-7-5-8-28(19-27)39-22-25-11-9-23(2)10-12-25/h5,7-12,17-20,24,26,33H,3-4,6,13-16,22,37H2,1-2H3. The monoisotopic (exact) mass is 550 g/mol. The first-order valence-corrected chi connectivity index (χ1v) is 14.7. The average molecular weight is 551 g/mol. The minimum Gasteiger partial charge on any atom is -0.489 e. The molecule has 0 saturated heterocycles. The van der Waals surface area contributed by atoms with Crippen LogP contribution in [0.25, 0.3) is 0 Å². The molecule has 41 heavy (non-hydrogen) atoms. The predicted octanol–water partition coefficient (Wildman–Crippen LogP) is 7.69. The molecule has 0 bridgehead atoms. The third kappa shape index (κ3) is 6.74. The molecule has 1 fully saturated rings. The van der Waals surface area contributed by atoms with Gasteiger partial charge < -0.3 is 19.9 Å². The molecule has 0 spiro atoms. The van der Waals surface area contributed by atoms with Crippen LogP contribution in [0.5, 0.6) is 17.2 Å². The van der Waals surface area contributed by atoms with Crippen LogP contribution >= 0.6 is 0 Å². The summed E-state index contributed by atoms with van der Waals surface area (Å²) >= 11 is 0. The van der Waals surface area contributed by atoms with Crippen molar-refractivity contribution in [1.82, 2.24) is 0 Å². The van der Waals surface area contributed by atoms with Crippen LogP contribution in [0.15, 0.2) is 78.2 Å². The Morgan fingerprint density at radius 3 is 2.54 bits per heavy atom. The molecule has 0 radical (unpaired) electrons. The van der Waals surface area contributed by atoms with E-state index in [1.165, 1.54) is 24.8 Å². The topological polar surface area (TPSA) is 94.6 Å². The van der Waals surface area contributed by atoms with Crippen LogP contribution in [-0.2, 0) is 11.4 Å². The number of aryl methyl sites for hydroxylation is 1. The zero-order valence-electron chi connectivity index (χ0n) is 23.9. The van der Waals surface area contributed by atoms with Gasteiger partial charge in [0.05, 0.1) is 11.8 Å². The Kier molecular flexibility index (Phi) is 8.94. The molecule has 5 rings (SSSR count). The quantitative estimate of drug-likeness (QED) is 0.217. The van der Waals surface area contributed by atoms with Crippen LogP contribution in [0.3, 0.4) is 0 Å². The number of carbonyl (C=O) groups excluding carboxylic acids is 1. The first kappa shape index (κ1) is 28.3. The molecule has 1 aliphatic heterocycles. The molecule has 6 heteroatoms. The van der Waals surface area contributed by atoms with Gasteiger partial charge in [-0.15, -0.1) is 0 Å². The summed E-state index contributed by atoms with van der Waals surface area (Å²) in [6.07, 6.45) is 7.64. The number of nitriles is 1. The Balaban J connectivity index is 1.31. The van der Waals surface area contributed by atoms with E-state index in [1.807, 2.05) is 42.5 Å². The second kappa shape index (κ2) is 13.0. The van der Waals surface area contributed by atoms with Crippen molar-refractivity contribution in [2.45, 2.75) is 71.3 Å². The lowest BCUT2D eigenvalue weighted by Gasteiger charge is -2.28. The number of allylic oxidation sites excluding steroid dienone is 1. The van der Waals surface area contributed by atoms with Crippen LogP contribution in [0.2, 0.25) is 0 Å². The number of hydrogen-bond donors (Lipinski definition) is 1. The molecule has 1 saturated carbocycles. The fourth-order valence-corrected chi connectivity index (χ4v) is 5.86. The summed E-state index contributed by atoms with van der Waals surface area (Å²) in [6.45, 7) is 4.71. The summed E-state index contributed by atoms with van der Waals surface area (Å²) in [4.78, 5) is 13.0. The minimum absolute atomic E-state index is 0.0462. The molecular weight excluding hydrogens is 512 g/mol. The van der Waals surface area contributed by atoms with Crippen molar-refractivity contribution in [1.29, 1.82) is 5.26 Å². The number of esters is 1. The van der Waals surface area contributed by atoms with Gasteiger partial charge in [0, 0.05) is 11.6 Å². The Bertz CT molecular complexity index is 1450. The zero-order chi connectivity index (χ0) is 28.8. The van der Waals surface area contributed by atoms with Crippen LogP contribution in [0, 0.1) is 30.1 Å². The van der Waals surface area contributed by atoms with E-state index in [1.54, 1.807) is 12.1 Å². The van der Waals surface area contributed by atoms with E-state index in [0.717, 1.165) is 48.3 Å². The molecule has 3 aromatic carbocycles. The summed E-state index contributed by atoms with van der Waals surface area (Å²) in [6, 6.07) is 23.5. The summed E-state index contributed by atoms with van der Waals surface area (Å²) in [7, 11) is 0. The van der Waals surface area contributed by atoms with Gasteiger partial charge in [0.25, 0.3) is 0 Å². The summed E-state index contributed by atoms with van der Waals surface area (Å²) in [5.41, 5.74) is 10.5. The molecule has 0 aromatic heterocycles. The Labute approximate surface area is 242 Å². The number of ether oxygens (including phenoxy) is 3. The molecule has 1 unspecified atom stereocenters. The molecule has 2 N–H and O–H groups in total. The van der Waals surface area contributed by atoms with E-state index in [9.17, 15) is 10.1 Å². The van der Waals surface area contributed by atoms with Crippen molar-refractivity contribution in [2.24, 2.45) is 17.6 Å². The average Bonchev–Trinajstić information content (AvgIpc) is 2.99. The van der Waals surface area contributed by atoms with Gasteiger partial charge in [-0.2, -0.15) is 5.26 Å². The van der Waals surface area contributed by atoms with Crippen LogP contribution in [0.4, 0.5) is 0 Å². The number of carbonyl (C=O) groups is 1. The van der Waals surface area contributed by atoms with Gasteiger partial charge in [-0.25, -0.2) is 0 Å². The van der Waals surface area contributed by atoms with Crippen molar-refractivity contribution in [3.05, 3.63) is 100 Å². The fraction of sp³-hybridized carbons (Fsp3) is 0.371. The highest BCUT2D eigenvalue weighted by Gasteiger charge is 2.32. The molecular formula is C35H38N2O4. The largest absolute Gasteiger partial charge is 0.489 e. The van der Waals surface area contributed by atoms with E-state index in [4.69, 9.17) is 19.9 Å². The maximum absolute atomic E-state index is 13.0. The first-order valence-electron chi connectivity index (χ1n) is 14.7. The van der Waals surface area contributed by atoms with Crippen molar-refractivity contribution >= 4 is 5.97 Å². The lowest BCUT2D eigenvalue weighted by Crippen LogP contribution is -2.26. The third-order valence-corrected chi connectivity index (χ3v) is 8.27. The maximum atomic E-state index is 13.0. The molecule has 0 amide bonds. The Morgan fingerprint density at radius 2 is 1.80 bits per heavy atom. The lowest BCUT2D eigenvalue weighted by atomic mass is 9.80. The third-order valence-electron chi connectivity index (χ3n) is 8.27. The van der Waals surface area contributed by atoms with Gasteiger partial charge in [-0.05, 0) is 67.9 Å². The lowest BCUT2D eigenvalue weighted by molar-refractivity contribution is -0.140. The minimum atomic E-state index is -0.435. The molecule has 2 aliphatic rings. The summed E-state index contributed by atoms with van der Waals surface area (Å²) < 4.78 is 17.7. The van der Waals surface area contributed by atoms with Crippen molar-refractivity contribution in [3.8, 4) is 23.3 Å². The summed E-state index contributed by atoms with van der Waals surface area (Å²) in [5, 5.41) is 9.98. The summed E-state index contributed by atoms with van der Waals surface area (Å²) in [5.74, 6) is 1.67. The highest BCUT2D eigenvalue weighted by Crippen LogP contribution is 2.44. The Hall–Kier alpha value is -4.24.